The molecule has 2 aliphatic heterocycles. The molecule has 0 fully saturated rings. The minimum atomic E-state index is -0.494. The third-order valence-corrected chi connectivity index (χ3v) is 6.11. The molecule has 0 saturated carbocycles. The van der Waals surface area contributed by atoms with E-state index in [-0.39, 0.29) is 5.91 Å². The standard InChI is InChI=1S/C19H16Br2N4O2S/c1-3-27-11-5-6-14(21)12(9-11)17-22-15-7-4-10(20)8-13(15)16-18(26)23-19(28-2)24-25(16)17/h4-9,17H,3H2,1-2H3,(H,23,24,26)/t17-/m0/s1. The van der Waals surface area contributed by atoms with Crippen LogP contribution in [0.2, 0.25) is 0 Å². The fraction of sp³-hybridized carbons (Fsp3) is 0.211. The van der Waals surface area contributed by atoms with Gasteiger partial charge in [-0.1, -0.05) is 43.6 Å². The maximum atomic E-state index is 12.9. The van der Waals surface area contributed by atoms with Crippen LogP contribution in [-0.2, 0) is 4.79 Å². The van der Waals surface area contributed by atoms with E-state index in [9.17, 15) is 4.79 Å². The van der Waals surface area contributed by atoms with Crippen LogP contribution in [0.25, 0.3) is 5.70 Å². The molecule has 6 nitrogen and oxygen atoms in total. The van der Waals surface area contributed by atoms with Gasteiger partial charge in [-0.2, -0.15) is 0 Å². The van der Waals surface area contributed by atoms with Crippen LogP contribution in [0.3, 0.4) is 0 Å². The number of ether oxygens (including phenoxy) is 1. The molecule has 0 bridgehead atoms. The van der Waals surface area contributed by atoms with Crippen LogP contribution in [0, 0.1) is 0 Å². The van der Waals surface area contributed by atoms with E-state index in [4.69, 9.17) is 9.73 Å². The molecule has 0 unspecified atom stereocenters. The number of halogens is 2. The SMILES string of the molecule is CCOc1ccc(Br)c([C@H]2N=c3ccc(Br)cc3=C3C(=O)NC(SC)=NN32)c1. The molecule has 144 valence electrons. The molecule has 1 atom stereocenters. The van der Waals surface area contributed by atoms with Crippen molar-refractivity contribution in [3.05, 3.63) is 61.5 Å². The number of carbonyl (C=O) groups is 1. The molecule has 0 saturated heterocycles. The van der Waals surface area contributed by atoms with Gasteiger partial charge in [0.2, 0.25) is 0 Å². The van der Waals surface area contributed by atoms with Crippen molar-refractivity contribution in [1.29, 1.82) is 0 Å². The van der Waals surface area contributed by atoms with Gasteiger partial charge >= 0.3 is 0 Å². The van der Waals surface area contributed by atoms with Crippen molar-refractivity contribution in [2.45, 2.75) is 13.1 Å². The lowest BCUT2D eigenvalue weighted by Gasteiger charge is -2.34. The smallest absolute Gasteiger partial charge is 0.276 e. The first-order valence-electron chi connectivity index (χ1n) is 8.55. The average Bonchev–Trinajstić information content (AvgIpc) is 2.68. The first-order chi connectivity index (χ1) is 13.5. The monoisotopic (exact) mass is 522 g/mol. The van der Waals surface area contributed by atoms with E-state index in [0.717, 1.165) is 30.8 Å². The molecule has 2 aromatic carbocycles. The van der Waals surface area contributed by atoms with E-state index in [1.54, 1.807) is 5.01 Å². The van der Waals surface area contributed by atoms with Crippen molar-refractivity contribution < 1.29 is 9.53 Å². The van der Waals surface area contributed by atoms with Gasteiger partial charge in [0.1, 0.15) is 11.4 Å². The summed E-state index contributed by atoms with van der Waals surface area (Å²) in [5, 5.41) is 11.2. The predicted molar refractivity (Wildman–Crippen MR) is 117 cm³/mol. The molecule has 4 rings (SSSR count). The minimum absolute atomic E-state index is 0.198. The Bertz CT molecular complexity index is 1120. The molecule has 2 aliphatic rings. The third kappa shape index (κ3) is 3.46. The zero-order valence-corrected chi connectivity index (χ0v) is 19.1. The highest BCUT2D eigenvalue weighted by Crippen LogP contribution is 2.36. The predicted octanol–water partition coefficient (Wildman–Crippen LogP) is 3.12. The lowest BCUT2D eigenvalue weighted by atomic mass is 10.1. The number of amides is 1. The number of thioether (sulfide) groups is 1. The average molecular weight is 524 g/mol. The normalized spacial score (nSPS) is 17.9. The Morgan fingerprint density at radius 2 is 2.07 bits per heavy atom. The number of hydrazone groups is 1. The van der Waals surface area contributed by atoms with Gasteiger partial charge in [0, 0.05) is 19.7 Å². The minimum Gasteiger partial charge on any atom is -0.494 e. The number of rotatable bonds is 3. The van der Waals surface area contributed by atoms with E-state index < -0.39 is 6.17 Å². The number of amidine groups is 1. The second kappa shape index (κ2) is 7.88. The highest BCUT2D eigenvalue weighted by Gasteiger charge is 2.35. The molecule has 1 amide bonds. The largest absolute Gasteiger partial charge is 0.494 e. The Morgan fingerprint density at radius 1 is 1.25 bits per heavy atom. The highest BCUT2D eigenvalue weighted by atomic mass is 79.9. The Morgan fingerprint density at radius 3 is 2.82 bits per heavy atom. The van der Waals surface area contributed by atoms with Gasteiger partial charge in [-0.05, 0) is 49.6 Å². The van der Waals surface area contributed by atoms with E-state index >= 15 is 0 Å². The fourth-order valence-corrected chi connectivity index (χ4v) is 4.30. The van der Waals surface area contributed by atoms with Crippen LogP contribution >= 0.6 is 43.6 Å². The second-order valence-corrected chi connectivity index (χ2v) is 8.60. The van der Waals surface area contributed by atoms with Crippen molar-refractivity contribution in [3.63, 3.8) is 0 Å². The van der Waals surface area contributed by atoms with Crippen molar-refractivity contribution in [3.8, 4) is 5.75 Å². The Balaban J connectivity index is 1.98. The molecule has 0 spiro atoms. The van der Waals surface area contributed by atoms with Crippen molar-refractivity contribution in [2.75, 3.05) is 12.9 Å². The van der Waals surface area contributed by atoms with E-state index in [1.807, 2.05) is 49.6 Å². The molecule has 1 N–H and O–H groups in total. The summed E-state index contributed by atoms with van der Waals surface area (Å²) >= 11 is 8.48. The zero-order chi connectivity index (χ0) is 19.8. The van der Waals surface area contributed by atoms with Crippen LogP contribution in [-0.4, -0.2) is 28.9 Å². The number of benzene rings is 2. The summed E-state index contributed by atoms with van der Waals surface area (Å²) in [4.78, 5) is 17.8. The van der Waals surface area contributed by atoms with Gasteiger partial charge in [-0.15, -0.1) is 5.10 Å². The molecular weight excluding hydrogens is 508 g/mol. The van der Waals surface area contributed by atoms with Gasteiger partial charge in [-0.25, -0.2) is 5.01 Å². The first-order valence-corrected chi connectivity index (χ1v) is 11.4. The lowest BCUT2D eigenvalue weighted by Crippen LogP contribution is -2.50. The maximum Gasteiger partial charge on any atom is 0.276 e. The van der Waals surface area contributed by atoms with Crippen LogP contribution < -0.4 is 20.6 Å². The van der Waals surface area contributed by atoms with Gasteiger partial charge in [0.15, 0.2) is 11.3 Å². The lowest BCUT2D eigenvalue weighted by molar-refractivity contribution is -0.116. The number of carbonyl (C=O) groups excluding carboxylic acids is 1. The zero-order valence-electron chi connectivity index (χ0n) is 15.1. The van der Waals surface area contributed by atoms with Gasteiger partial charge in [0.05, 0.1) is 12.0 Å². The summed E-state index contributed by atoms with van der Waals surface area (Å²) in [6.07, 6.45) is 1.38. The van der Waals surface area contributed by atoms with Crippen molar-refractivity contribution >= 4 is 60.4 Å². The van der Waals surface area contributed by atoms with Crippen LogP contribution in [0.5, 0.6) is 5.75 Å². The Hall–Kier alpha value is -1.84. The van der Waals surface area contributed by atoms with Gasteiger partial charge in [0.25, 0.3) is 5.91 Å². The quantitative estimate of drug-likeness (QED) is 0.671. The Kier molecular flexibility index (Phi) is 5.48. The summed E-state index contributed by atoms with van der Waals surface area (Å²) in [5.74, 6) is 0.547. The topological polar surface area (TPSA) is 66.3 Å². The third-order valence-electron chi connectivity index (χ3n) is 4.32. The van der Waals surface area contributed by atoms with E-state index in [2.05, 4.69) is 42.3 Å². The molecule has 2 aromatic rings. The molecule has 0 radical (unpaired) electrons. The number of hydrogen-bond donors (Lipinski definition) is 1. The number of hydrogen-bond acceptors (Lipinski definition) is 6. The molecular formula is C19H16Br2N4O2S. The molecule has 9 heteroatoms. The number of fused-ring (bicyclic) bond motifs is 2. The van der Waals surface area contributed by atoms with Crippen LogP contribution in [0.4, 0.5) is 0 Å². The van der Waals surface area contributed by atoms with E-state index in [0.29, 0.717) is 17.5 Å². The van der Waals surface area contributed by atoms with Crippen LogP contribution in [0.1, 0.15) is 18.7 Å². The van der Waals surface area contributed by atoms with Gasteiger partial charge in [-0.3, -0.25) is 15.1 Å². The molecule has 0 aromatic heterocycles. The molecule has 2 heterocycles. The summed E-state index contributed by atoms with van der Waals surface area (Å²) < 4.78 is 7.41. The summed E-state index contributed by atoms with van der Waals surface area (Å²) in [7, 11) is 0. The first kappa shape index (κ1) is 19.5. The van der Waals surface area contributed by atoms with Crippen molar-refractivity contribution in [2.24, 2.45) is 10.1 Å². The maximum absolute atomic E-state index is 12.9. The van der Waals surface area contributed by atoms with E-state index in [1.165, 1.54) is 11.8 Å². The fourth-order valence-electron chi connectivity index (χ4n) is 3.12. The second-order valence-electron chi connectivity index (χ2n) is 6.04. The Labute approximate surface area is 183 Å². The van der Waals surface area contributed by atoms with Crippen molar-refractivity contribution in [1.82, 2.24) is 10.3 Å². The summed E-state index contributed by atoms with van der Waals surface area (Å²) in [6, 6.07) is 11.5. The van der Waals surface area contributed by atoms with Gasteiger partial charge < -0.3 is 4.74 Å². The summed E-state index contributed by atoms with van der Waals surface area (Å²) in [6.45, 7) is 2.51. The highest BCUT2D eigenvalue weighted by molar-refractivity contribution is 9.10. The summed E-state index contributed by atoms with van der Waals surface area (Å²) in [5.41, 5.74) is 1.35. The van der Waals surface area contributed by atoms with Crippen LogP contribution in [0.15, 0.2) is 55.4 Å². The molecule has 28 heavy (non-hydrogen) atoms. The number of nitrogens with one attached hydrogen (secondary N) is 1. The number of nitrogens with zero attached hydrogens (tertiary/aromatic N) is 3. The molecule has 0 aliphatic carbocycles.